The Morgan fingerprint density at radius 3 is 2.35 bits per heavy atom. The number of pyridine rings is 1. The van der Waals surface area contributed by atoms with Crippen molar-refractivity contribution in [3.05, 3.63) is 59.8 Å². The zero-order chi connectivity index (χ0) is 14.4. The van der Waals surface area contributed by atoms with Crippen molar-refractivity contribution in [3.8, 4) is 0 Å². The Kier molecular flexibility index (Phi) is 4.61. The first-order valence-electron chi connectivity index (χ1n) is 6.37. The van der Waals surface area contributed by atoms with Crippen LogP contribution in [0, 0.1) is 0 Å². The maximum Gasteiger partial charge on any atom is 0.417 e. The molecule has 0 amide bonds. The fourth-order valence-corrected chi connectivity index (χ4v) is 1.82. The molecule has 0 radical (unpaired) electrons. The molecular weight excluding hydrogens is 265 g/mol. The molecule has 0 bridgehead atoms. The summed E-state index contributed by atoms with van der Waals surface area (Å²) in [6, 6.07) is 12.4. The summed E-state index contributed by atoms with van der Waals surface area (Å²) in [7, 11) is 0. The number of aryl methyl sites for hydroxylation is 1. The van der Waals surface area contributed by atoms with Crippen LogP contribution in [0.5, 0.6) is 0 Å². The van der Waals surface area contributed by atoms with E-state index >= 15 is 0 Å². The minimum absolute atomic E-state index is 0.464. The van der Waals surface area contributed by atoms with Gasteiger partial charge in [0.05, 0.1) is 5.56 Å². The van der Waals surface area contributed by atoms with Gasteiger partial charge in [-0.15, -0.1) is 0 Å². The van der Waals surface area contributed by atoms with Crippen molar-refractivity contribution in [1.82, 2.24) is 4.98 Å². The highest BCUT2D eigenvalue weighted by Crippen LogP contribution is 2.28. The van der Waals surface area contributed by atoms with Gasteiger partial charge in [0.25, 0.3) is 0 Å². The van der Waals surface area contributed by atoms with Crippen LogP contribution in [0.25, 0.3) is 0 Å². The molecule has 2 nitrogen and oxygen atoms in total. The SMILES string of the molecule is FC(F)(F)c1ccc(NCCCc2ccccc2)nc1. The summed E-state index contributed by atoms with van der Waals surface area (Å²) in [5.74, 6) is 0.464. The normalized spacial score (nSPS) is 11.3. The highest BCUT2D eigenvalue weighted by atomic mass is 19.4. The highest BCUT2D eigenvalue weighted by Gasteiger charge is 2.30. The monoisotopic (exact) mass is 280 g/mol. The Bertz CT molecular complexity index is 521. The van der Waals surface area contributed by atoms with E-state index in [2.05, 4.69) is 22.4 Å². The molecular formula is C15H15F3N2. The first-order valence-corrected chi connectivity index (χ1v) is 6.37. The van der Waals surface area contributed by atoms with Crippen LogP contribution in [0.15, 0.2) is 48.7 Å². The van der Waals surface area contributed by atoms with E-state index in [4.69, 9.17) is 0 Å². The van der Waals surface area contributed by atoms with Gasteiger partial charge in [-0.05, 0) is 30.5 Å². The molecule has 0 saturated heterocycles. The van der Waals surface area contributed by atoms with Gasteiger partial charge in [0.2, 0.25) is 0 Å². The molecule has 5 heteroatoms. The molecule has 0 saturated carbocycles. The number of aromatic nitrogens is 1. The molecule has 106 valence electrons. The number of halogens is 3. The van der Waals surface area contributed by atoms with Gasteiger partial charge in [-0.3, -0.25) is 0 Å². The lowest BCUT2D eigenvalue weighted by Crippen LogP contribution is -2.08. The fraction of sp³-hybridized carbons (Fsp3) is 0.267. The van der Waals surface area contributed by atoms with Crippen molar-refractivity contribution >= 4 is 5.82 Å². The van der Waals surface area contributed by atoms with Crippen molar-refractivity contribution in [2.45, 2.75) is 19.0 Å². The minimum atomic E-state index is -4.33. The van der Waals surface area contributed by atoms with Gasteiger partial charge in [-0.2, -0.15) is 13.2 Å². The van der Waals surface area contributed by atoms with Crippen molar-refractivity contribution in [2.24, 2.45) is 0 Å². The molecule has 2 rings (SSSR count). The first kappa shape index (κ1) is 14.4. The lowest BCUT2D eigenvalue weighted by molar-refractivity contribution is -0.137. The van der Waals surface area contributed by atoms with E-state index in [0.29, 0.717) is 12.4 Å². The number of alkyl halides is 3. The molecule has 1 aromatic heterocycles. The summed E-state index contributed by atoms with van der Waals surface area (Å²) in [6.07, 6.45) is -1.67. The third kappa shape index (κ3) is 4.26. The van der Waals surface area contributed by atoms with E-state index in [9.17, 15) is 13.2 Å². The van der Waals surface area contributed by atoms with Gasteiger partial charge in [0, 0.05) is 12.7 Å². The number of hydrogen-bond donors (Lipinski definition) is 1. The third-order valence-electron chi connectivity index (χ3n) is 2.88. The maximum atomic E-state index is 12.4. The second-order valence-electron chi connectivity index (χ2n) is 4.45. The molecule has 0 aliphatic carbocycles. The molecule has 0 spiro atoms. The molecule has 0 unspecified atom stereocenters. The Balaban J connectivity index is 1.77. The van der Waals surface area contributed by atoms with Crippen molar-refractivity contribution in [3.63, 3.8) is 0 Å². The lowest BCUT2D eigenvalue weighted by Gasteiger charge is -2.08. The average Bonchev–Trinajstić information content (AvgIpc) is 2.44. The molecule has 2 aromatic rings. The van der Waals surface area contributed by atoms with Gasteiger partial charge in [-0.1, -0.05) is 30.3 Å². The third-order valence-corrected chi connectivity index (χ3v) is 2.88. The molecule has 1 aromatic carbocycles. The molecule has 0 atom stereocenters. The number of nitrogens with zero attached hydrogens (tertiary/aromatic N) is 1. The summed E-state index contributed by atoms with van der Waals surface area (Å²) in [4.78, 5) is 3.76. The van der Waals surface area contributed by atoms with Crippen LogP contribution in [0.4, 0.5) is 19.0 Å². The Morgan fingerprint density at radius 2 is 1.75 bits per heavy atom. The van der Waals surface area contributed by atoms with Crippen LogP contribution in [-0.4, -0.2) is 11.5 Å². The van der Waals surface area contributed by atoms with Crippen LogP contribution >= 0.6 is 0 Å². The maximum absolute atomic E-state index is 12.4. The molecule has 0 aliphatic rings. The second-order valence-corrected chi connectivity index (χ2v) is 4.45. The van der Waals surface area contributed by atoms with Gasteiger partial charge >= 0.3 is 6.18 Å². The topological polar surface area (TPSA) is 24.9 Å². The van der Waals surface area contributed by atoms with E-state index in [0.717, 1.165) is 25.1 Å². The van der Waals surface area contributed by atoms with Gasteiger partial charge in [0.1, 0.15) is 5.82 Å². The Morgan fingerprint density at radius 1 is 1.00 bits per heavy atom. The van der Waals surface area contributed by atoms with Gasteiger partial charge in [0.15, 0.2) is 0 Å². The lowest BCUT2D eigenvalue weighted by atomic mass is 10.1. The number of nitrogens with one attached hydrogen (secondary N) is 1. The van der Waals surface area contributed by atoms with Crippen LogP contribution in [0.3, 0.4) is 0 Å². The molecule has 20 heavy (non-hydrogen) atoms. The van der Waals surface area contributed by atoms with Gasteiger partial charge < -0.3 is 5.32 Å². The van der Waals surface area contributed by atoms with Gasteiger partial charge in [-0.25, -0.2) is 4.98 Å². The summed E-state index contributed by atoms with van der Waals surface area (Å²) >= 11 is 0. The van der Waals surface area contributed by atoms with E-state index in [1.165, 1.54) is 11.6 Å². The summed E-state index contributed by atoms with van der Waals surface area (Å²) in [6.45, 7) is 0.674. The molecule has 1 N–H and O–H groups in total. The standard InChI is InChI=1S/C15H15F3N2/c16-15(17,18)13-8-9-14(20-11-13)19-10-4-7-12-5-2-1-3-6-12/h1-3,5-6,8-9,11H,4,7,10H2,(H,19,20). The Labute approximate surface area is 115 Å². The predicted octanol–water partition coefficient (Wildman–Crippen LogP) is 4.15. The quantitative estimate of drug-likeness (QED) is 0.832. The molecule has 1 heterocycles. The van der Waals surface area contributed by atoms with Crippen LogP contribution in [0.1, 0.15) is 17.5 Å². The van der Waals surface area contributed by atoms with E-state index < -0.39 is 11.7 Å². The fourth-order valence-electron chi connectivity index (χ4n) is 1.82. The largest absolute Gasteiger partial charge is 0.417 e. The number of anilines is 1. The second kappa shape index (κ2) is 6.41. The van der Waals surface area contributed by atoms with E-state index in [1.807, 2.05) is 18.2 Å². The zero-order valence-corrected chi connectivity index (χ0v) is 10.8. The first-order chi connectivity index (χ1) is 9.55. The minimum Gasteiger partial charge on any atom is -0.370 e. The van der Waals surface area contributed by atoms with E-state index in [1.54, 1.807) is 0 Å². The average molecular weight is 280 g/mol. The van der Waals surface area contributed by atoms with Crippen LogP contribution < -0.4 is 5.32 Å². The highest BCUT2D eigenvalue weighted by molar-refractivity contribution is 5.36. The molecule has 0 fully saturated rings. The predicted molar refractivity (Wildman–Crippen MR) is 72.5 cm³/mol. The summed E-state index contributed by atoms with van der Waals surface area (Å²) < 4.78 is 37.1. The number of hydrogen-bond acceptors (Lipinski definition) is 2. The van der Waals surface area contributed by atoms with E-state index in [-0.39, 0.29) is 0 Å². The summed E-state index contributed by atoms with van der Waals surface area (Å²) in [5, 5.41) is 3.02. The van der Waals surface area contributed by atoms with Crippen molar-refractivity contribution in [2.75, 3.05) is 11.9 Å². The van der Waals surface area contributed by atoms with Crippen molar-refractivity contribution in [1.29, 1.82) is 0 Å². The zero-order valence-electron chi connectivity index (χ0n) is 10.8. The number of benzene rings is 1. The van der Waals surface area contributed by atoms with Crippen LogP contribution in [0.2, 0.25) is 0 Å². The Hall–Kier alpha value is -2.04. The van der Waals surface area contributed by atoms with Crippen molar-refractivity contribution < 1.29 is 13.2 Å². The number of rotatable bonds is 5. The van der Waals surface area contributed by atoms with Crippen LogP contribution in [-0.2, 0) is 12.6 Å². The molecule has 0 aliphatic heterocycles. The summed E-state index contributed by atoms with van der Waals surface area (Å²) in [5.41, 5.74) is 0.516. The smallest absolute Gasteiger partial charge is 0.370 e.